The number of amides is 1. The van der Waals surface area contributed by atoms with E-state index in [-0.39, 0.29) is 16.3 Å². The minimum Gasteiger partial charge on any atom is -0.462 e. The molecule has 0 atom stereocenters. The number of carbonyl (C=O) groups excluding carboxylic acids is 2. The fraction of sp³-hybridized carbons (Fsp3) is 0.200. The fourth-order valence-electron chi connectivity index (χ4n) is 3.19. The van der Waals surface area contributed by atoms with Gasteiger partial charge in [-0.2, -0.15) is 0 Å². The van der Waals surface area contributed by atoms with Crippen molar-refractivity contribution in [2.75, 3.05) is 22.8 Å². The van der Waals surface area contributed by atoms with Crippen molar-refractivity contribution in [1.29, 1.82) is 0 Å². The molecule has 0 bridgehead atoms. The SMILES string of the molecule is CCCCOC(=O)c1ccc(NC(=O)CN(c2ccc([N+](=O)[O-])cc2)S(=O)(=O)c2ccccc2)cc1. The Morgan fingerprint density at radius 3 is 2.19 bits per heavy atom. The molecule has 0 fully saturated rings. The lowest BCUT2D eigenvalue weighted by atomic mass is 10.2. The lowest BCUT2D eigenvalue weighted by molar-refractivity contribution is -0.384. The van der Waals surface area contributed by atoms with Crippen molar-refractivity contribution in [1.82, 2.24) is 0 Å². The van der Waals surface area contributed by atoms with Gasteiger partial charge in [-0.15, -0.1) is 0 Å². The highest BCUT2D eigenvalue weighted by Gasteiger charge is 2.27. The van der Waals surface area contributed by atoms with Crippen LogP contribution in [0.3, 0.4) is 0 Å². The quantitative estimate of drug-likeness (QED) is 0.175. The van der Waals surface area contributed by atoms with Gasteiger partial charge in [-0.05, 0) is 55.0 Å². The summed E-state index contributed by atoms with van der Waals surface area (Å²) in [6.45, 7) is 1.72. The second kappa shape index (κ2) is 11.9. The van der Waals surface area contributed by atoms with E-state index in [1.807, 2.05) is 6.92 Å². The number of nitro benzene ring substituents is 1. The number of esters is 1. The van der Waals surface area contributed by atoms with E-state index >= 15 is 0 Å². The topological polar surface area (TPSA) is 136 Å². The predicted octanol–water partition coefficient (Wildman–Crippen LogP) is 4.39. The van der Waals surface area contributed by atoms with Gasteiger partial charge in [0, 0.05) is 17.8 Å². The van der Waals surface area contributed by atoms with E-state index in [0.29, 0.717) is 17.9 Å². The van der Waals surface area contributed by atoms with Crippen LogP contribution in [0.2, 0.25) is 0 Å². The molecule has 0 unspecified atom stereocenters. The van der Waals surface area contributed by atoms with Crippen LogP contribution >= 0.6 is 0 Å². The second-order valence-corrected chi connectivity index (χ2v) is 9.58. The second-order valence-electron chi connectivity index (χ2n) is 7.71. The first-order chi connectivity index (χ1) is 17.2. The highest BCUT2D eigenvalue weighted by Crippen LogP contribution is 2.26. The number of sulfonamides is 1. The van der Waals surface area contributed by atoms with E-state index < -0.39 is 33.4 Å². The van der Waals surface area contributed by atoms with Crippen LogP contribution in [0.1, 0.15) is 30.1 Å². The first-order valence-corrected chi connectivity index (χ1v) is 12.6. The lowest BCUT2D eigenvalue weighted by Crippen LogP contribution is -2.38. The van der Waals surface area contributed by atoms with E-state index in [1.54, 1.807) is 18.2 Å². The molecule has 0 saturated carbocycles. The summed E-state index contributed by atoms with van der Waals surface area (Å²) in [6, 6.07) is 18.4. The summed E-state index contributed by atoms with van der Waals surface area (Å²) in [5, 5.41) is 13.6. The molecule has 0 spiro atoms. The van der Waals surface area contributed by atoms with Crippen LogP contribution in [0.15, 0.2) is 83.8 Å². The first-order valence-electron chi connectivity index (χ1n) is 11.1. The zero-order valence-electron chi connectivity index (χ0n) is 19.5. The van der Waals surface area contributed by atoms with E-state index in [0.717, 1.165) is 17.1 Å². The third-order valence-electron chi connectivity index (χ3n) is 5.10. The summed E-state index contributed by atoms with van der Waals surface area (Å²) in [5.74, 6) is -1.12. The Morgan fingerprint density at radius 2 is 1.61 bits per heavy atom. The Balaban J connectivity index is 1.79. The fourth-order valence-corrected chi connectivity index (χ4v) is 4.63. The van der Waals surface area contributed by atoms with Gasteiger partial charge in [0.2, 0.25) is 5.91 Å². The van der Waals surface area contributed by atoms with Crippen LogP contribution < -0.4 is 9.62 Å². The number of hydrogen-bond donors (Lipinski definition) is 1. The van der Waals surface area contributed by atoms with Crippen LogP contribution in [0.4, 0.5) is 17.1 Å². The number of nitro groups is 1. The highest BCUT2D eigenvalue weighted by molar-refractivity contribution is 7.92. The summed E-state index contributed by atoms with van der Waals surface area (Å²) in [4.78, 5) is 35.2. The summed E-state index contributed by atoms with van der Waals surface area (Å²) in [7, 11) is -4.16. The minimum atomic E-state index is -4.16. The van der Waals surface area contributed by atoms with Crippen molar-refractivity contribution in [3.05, 3.63) is 94.5 Å². The number of carbonyl (C=O) groups is 2. The molecule has 3 aromatic carbocycles. The largest absolute Gasteiger partial charge is 0.462 e. The number of nitrogens with one attached hydrogen (secondary N) is 1. The van der Waals surface area contributed by atoms with Crippen molar-refractivity contribution in [3.8, 4) is 0 Å². The molecule has 0 aliphatic carbocycles. The molecule has 11 heteroatoms. The van der Waals surface area contributed by atoms with Crippen molar-refractivity contribution in [3.63, 3.8) is 0 Å². The molecule has 0 aliphatic rings. The number of hydrogen-bond acceptors (Lipinski definition) is 7. The van der Waals surface area contributed by atoms with E-state index in [1.165, 1.54) is 60.7 Å². The standard InChI is InChI=1S/C25H25N3O7S/c1-2-3-17-35-25(30)19-9-11-20(12-10-19)26-24(29)18-27(21-13-15-22(16-14-21)28(31)32)36(33,34)23-7-5-4-6-8-23/h4-16H,2-3,17-18H2,1H3,(H,26,29). The maximum atomic E-state index is 13.3. The molecule has 1 amide bonds. The van der Waals surface area contributed by atoms with Gasteiger partial charge in [0.15, 0.2) is 0 Å². The molecule has 0 saturated heterocycles. The molecular weight excluding hydrogens is 486 g/mol. The summed E-state index contributed by atoms with van der Waals surface area (Å²) in [6.07, 6.45) is 1.66. The molecule has 3 rings (SSSR count). The van der Waals surface area contributed by atoms with Crippen molar-refractivity contribution in [2.45, 2.75) is 24.7 Å². The number of nitrogens with zero attached hydrogens (tertiary/aromatic N) is 2. The lowest BCUT2D eigenvalue weighted by Gasteiger charge is -2.24. The Morgan fingerprint density at radius 1 is 0.972 bits per heavy atom. The van der Waals surface area contributed by atoms with Gasteiger partial charge >= 0.3 is 5.97 Å². The Labute approximate surface area is 208 Å². The highest BCUT2D eigenvalue weighted by atomic mass is 32.2. The smallest absolute Gasteiger partial charge is 0.338 e. The van der Waals surface area contributed by atoms with Crippen LogP contribution in [-0.2, 0) is 19.6 Å². The van der Waals surface area contributed by atoms with Crippen LogP contribution in [0.5, 0.6) is 0 Å². The molecule has 3 aromatic rings. The van der Waals surface area contributed by atoms with Gasteiger partial charge < -0.3 is 10.1 Å². The van der Waals surface area contributed by atoms with Crippen molar-refractivity contribution < 1.29 is 27.7 Å². The van der Waals surface area contributed by atoms with Crippen LogP contribution in [0.25, 0.3) is 0 Å². The van der Waals surface area contributed by atoms with Gasteiger partial charge in [0.05, 0.1) is 27.7 Å². The van der Waals surface area contributed by atoms with Crippen LogP contribution in [0, 0.1) is 10.1 Å². The number of ether oxygens (including phenoxy) is 1. The summed E-state index contributed by atoms with van der Waals surface area (Å²) in [5.41, 5.74) is 0.549. The van der Waals surface area contributed by atoms with Crippen LogP contribution in [-0.4, -0.2) is 38.4 Å². The molecule has 10 nitrogen and oxygen atoms in total. The first kappa shape index (κ1) is 26.4. The molecule has 0 radical (unpaired) electrons. The average molecular weight is 512 g/mol. The molecule has 188 valence electrons. The Hall–Kier alpha value is -4.25. The van der Waals surface area contributed by atoms with Gasteiger partial charge in [-0.25, -0.2) is 13.2 Å². The maximum absolute atomic E-state index is 13.3. The van der Waals surface area contributed by atoms with Gasteiger partial charge in [-0.1, -0.05) is 31.5 Å². The number of benzene rings is 3. The van der Waals surface area contributed by atoms with Gasteiger partial charge in [-0.3, -0.25) is 19.2 Å². The average Bonchev–Trinajstić information content (AvgIpc) is 2.88. The number of rotatable bonds is 11. The molecule has 0 aromatic heterocycles. The van der Waals surface area contributed by atoms with Gasteiger partial charge in [0.1, 0.15) is 6.54 Å². The molecule has 1 N–H and O–H groups in total. The van der Waals surface area contributed by atoms with Crippen molar-refractivity contribution >= 4 is 39.0 Å². The number of non-ortho nitro benzene ring substituents is 1. The molecule has 0 heterocycles. The summed E-state index contributed by atoms with van der Waals surface area (Å²) < 4.78 is 32.7. The molecule has 0 aliphatic heterocycles. The Bertz CT molecular complexity index is 1310. The third kappa shape index (κ3) is 6.66. The molecular formula is C25H25N3O7S. The van der Waals surface area contributed by atoms with Gasteiger partial charge in [0.25, 0.3) is 15.7 Å². The predicted molar refractivity (Wildman–Crippen MR) is 134 cm³/mol. The zero-order chi connectivity index (χ0) is 26.1. The van der Waals surface area contributed by atoms with E-state index in [4.69, 9.17) is 4.74 Å². The number of anilines is 2. The normalized spacial score (nSPS) is 10.9. The maximum Gasteiger partial charge on any atom is 0.338 e. The van der Waals surface area contributed by atoms with E-state index in [2.05, 4.69) is 5.32 Å². The third-order valence-corrected chi connectivity index (χ3v) is 6.89. The minimum absolute atomic E-state index is 0.0397. The summed E-state index contributed by atoms with van der Waals surface area (Å²) >= 11 is 0. The Kier molecular flexibility index (Phi) is 8.74. The molecule has 36 heavy (non-hydrogen) atoms. The monoisotopic (exact) mass is 511 g/mol. The van der Waals surface area contributed by atoms with E-state index in [9.17, 15) is 28.1 Å². The zero-order valence-corrected chi connectivity index (χ0v) is 20.3. The van der Waals surface area contributed by atoms with Crippen molar-refractivity contribution in [2.24, 2.45) is 0 Å². The number of unbranched alkanes of at least 4 members (excludes halogenated alkanes) is 1.